The maximum absolute atomic E-state index is 12.9. The van der Waals surface area contributed by atoms with E-state index in [-0.39, 0.29) is 9.77 Å². The number of hydrogen-bond donors (Lipinski definition) is 2. The van der Waals surface area contributed by atoms with Crippen molar-refractivity contribution in [1.82, 2.24) is 4.72 Å². The molecule has 2 rings (SSSR count). The quantitative estimate of drug-likeness (QED) is 0.883. The van der Waals surface area contributed by atoms with Crippen LogP contribution in [-0.2, 0) is 10.0 Å². The zero-order valence-electron chi connectivity index (χ0n) is 10.9. The molecule has 0 amide bonds. The van der Waals surface area contributed by atoms with Gasteiger partial charge in [-0.3, -0.25) is 0 Å². The van der Waals surface area contributed by atoms with Crippen LogP contribution in [0.1, 0.15) is 28.2 Å². The second kappa shape index (κ2) is 5.92. The number of sulfonamides is 1. The van der Waals surface area contributed by atoms with Gasteiger partial charge in [0, 0.05) is 6.04 Å². The molecular formula is C13H12FNO4S2. The summed E-state index contributed by atoms with van der Waals surface area (Å²) in [6.45, 7) is 1.59. The maximum Gasteiger partial charge on any atom is 0.347 e. The van der Waals surface area contributed by atoms with Crippen LogP contribution in [0.4, 0.5) is 4.39 Å². The van der Waals surface area contributed by atoms with Crippen molar-refractivity contribution in [1.29, 1.82) is 0 Å². The van der Waals surface area contributed by atoms with Crippen LogP contribution in [0.3, 0.4) is 0 Å². The highest BCUT2D eigenvalue weighted by Crippen LogP contribution is 2.24. The van der Waals surface area contributed by atoms with Crippen molar-refractivity contribution in [2.75, 3.05) is 0 Å². The molecule has 0 bridgehead atoms. The first kappa shape index (κ1) is 15.6. The summed E-state index contributed by atoms with van der Waals surface area (Å²) in [5.41, 5.74) is 0.576. The lowest BCUT2D eigenvalue weighted by atomic mass is 10.1. The molecule has 0 aliphatic heterocycles. The van der Waals surface area contributed by atoms with Gasteiger partial charge >= 0.3 is 5.97 Å². The molecule has 2 aromatic rings. The van der Waals surface area contributed by atoms with Gasteiger partial charge in [-0.2, -0.15) is 0 Å². The molecule has 0 saturated carbocycles. The van der Waals surface area contributed by atoms with Crippen molar-refractivity contribution in [3.63, 3.8) is 0 Å². The fourth-order valence-electron chi connectivity index (χ4n) is 1.78. The molecule has 0 spiro atoms. The summed E-state index contributed by atoms with van der Waals surface area (Å²) in [5.74, 6) is -1.71. The Labute approximate surface area is 125 Å². The van der Waals surface area contributed by atoms with Gasteiger partial charge in [-0.25, -0.2) is 22.3 Å². The summed E-state index contributed by atoms with van der Waals surface area (Å²) in [5, 5.41) is 10.4. The highest BCUT2D eigenvalue weighted by atomic mass is 32.2. The minimum absolute atomic E-state index is 0.242. The lowest BCUT2D eigenvalue weighted by Crippen LogP contribution is -2.27. The van der Waals surface area contributed by atoms with E-state index in [9.17, 15) is 17.6 Å². The minimum Gasteiger partial charge on any atom is -0.477 e. The molecule has 0 unspecified atom stereocenters. The summed E-state index contributed by atoms with van der Waals surface area (Å²) in [6.07, 6.45) is 0. The molecule has 1 heterocycles. The molecule has 0 aliphatic carbocycles. The van der Waals surface area contributed by atoms with Crippen LogP contribution in [0.25, 0.3) is 0 Å². The summed E-state index contributed by atoms with van der Waals surface area (Å²) in [7, 11) is -3.96. The van der Waals surface area contributed by atoms with Gasteiger partial charge in [0.25, 0.3) is 0 Å². The van der Waals surface area contributed by atoms with E-state index in [0.717, 1.165) is 11.3 Å². The number of carbonyl (C=O) groups is 1. The van der Waals surface area contributed by atoms with Gasteiger partial charge in [-0.1, -0.05) is 12.1 Å². The van der Waals surface area contributed by atoms with Crippen LogP contribution in [0.5, 0.6) is 0 Å². The van der Waals surface area contributed by atoms with E-state index < -0.39 is 27.9 Å². The van der Waals surface area contributed by atoms with Gasteiger partial charge in [0.1, 0.15) is 15.6 Å². The molecule has 0 aliphatic rings. The third-order valence-corrected chi connectivity index (χ3v) is 5.43. The number of carboxylic acids is 1. The normalized spacial score (nSPS) is 13.0. The van der Waals surface area contributed by atoms with Crippen LogP contribution in [0.2, 0.25) is 0 Å². The molecule has 8 heteroatoms. The van der Waals surface area contributed by atoms with Gasteiger partial charge in [0.15, 0.2) is 0 Å². The van der Waals surface area contributed by atoms with Gasteiger partial charge in [-0.15, -0.1) is 11.3 Å². The number of nitrogens with one attached hydrogen (secondary N) is 1. The van der Waals surface area contributed by atoms with E-state index in [1.165, 1.54) is 35.7 Å². The number of aromatic carboxylic acids is 1. The molecule has 1 atom stereocenters. The highest BCUT2D eigenvalue weighted by molar-refractivity contribution is 7.89. The fourth-order valence-corrected chi connectivity index (χ4v) is 4.27. The van der Waals surface area contributed by atoms with Gasteiger partial charge in [0.05, 0.1) is 0 Å². The van der Waals surface area contributed by atoms with E-state index in [1.807, 2.05) is 0 Å². The largest absolute Gasteiger partial charge is 0.477 e. The summed E-state index contributed by atoms with van der Waals surface area (Å²) < 4.78 is 39.7. The predicted molar refractivity (Wildman–Crippen MR) is 76.4 cm³/mol. The van der Waals surface area contributed by atoms with E-state index in [0.29, 0.717) is 5.56 Å². The number of thiophene rings is 1. The third kappa shape index (κ3) is 3.46. The molecule has 112 valence electrons. The second-order valence-corrected chi connectivity index (χ2v) is 6.91. The van der Waals surface area contributed by atoms with Crippen molar-refractivity contribution in [3.05, 3.63) is 52.0 Å². The SMILES string of the molecule is C[C@@H](NS(=O)(=O)c1ccsc1C(=O)O)c1ccc(F)cc1. The van der Waals surface area contributed by atoms with Gasteiger partial charge < -0.3 is 5.11 Å². The summed E-state index contributed by atoms with van der Waals surface area (Å²) in [6, 6.07) is 6.02. The Hall–Kier alpha value is -1.77. The van der Waals surface area contributed by atoms with Crippen LogP contribution < -0.4 is 4.72 Å². The molecule has 21 heavy (non-hydrogen) atoms. The van der Waals surface area contributed by atoms with Crippen LogP contribution >= 0.6 is 11.3 Å². The zero-order chi connectivity index (χ0) is 15.6. The first-order valence-electron chi connectivity index (χ1n) is 5.90. The van der Waals surface area contributed by atoms with E-state index in [2.05, 4.69) is 4.72 Å². The molecule has 0 fully saturated rings. The first-order chi connectivity index (χ1) is 9.81. The van der Waals surface area contributed by atoms with Crippen LogP contribution in [0.15, 0.2) is 40.6 Å². The molecular weight excluding hydrogens is 317 g/mol. The number of rotatable bonds is 5. The van der Waals surface area contributed by atoms with Crippen molar-refractivity contribution >= 4 is 27.3 Å². The summed E-state index contributed by atoms with van der Waals surface area (Å²) >= 11 is 0.841. The monoisotopic (exact) mass is 329 g/mol. The molecule has 0 radical (unpaired) electrons. The Morgan fingerprint density at radius 3 is 2.48 bits per heavy atom. The Kier molecular flexibility index (Phi) is 4.40. The smallest absolute Gasteiger partial charge is 0.347 e. The maximum atomic E-state index is 12.9. The third-order valence-electron chi connectivity index (χ3n) is 2.81. The van der Waals surface area contributed by atoms with Crippen molar-refractivity contribution in [2.24, 2.45) is 0 Å². The Balaban J connectivity index is 2.27. The summed E-state index contributed by atoms with van der Waals surface area (Å²) in [4.78, 5) is 10.5. The van der Waals surface area contributed by atoms with E-state index >= 15 is 0 Å². The lowest BCUT2D eigenvalue weighted by Gasteiger charge is -2.14. The predicted octanol–water partition coefficient (Wildman–Crippen LogP) is 2.62. The second-order valence-electron chi connectivity index (χ2n) is 4.31. The average Bonchev–Trinajstić information content (AvgIpc) is 2.89. The van der Waals surface area contributed by atoms with E-state index in [4.69, 9.17) is 5.11 Å². The number of hydrogen-bond acceptors (Lipinski definition) is 4. The molecule has 0 saturated heterocycles. The van der Waals surface area contributed by atoms with Gasteiger partial charge in [-0.05, 0) is 36.1 Å². The topological polar surface area (TPSA) is 83.5 Å². The van der Waals surface area contributed by atoms with Crippen LogP contribution in [-0.4, -0.2) is 19.5 Å². The zero-order valence-corrected chi connectivity index (χ0v) is 12.5. The highest BCUT2D eigenvalue weighted by Gasteiger charge is 2.25. The van der Waals surface area contributed by atoms with Gasteiger partial charge in [0.2, 0.25) is 10.0 Å². The van der Waals surface area contributed by atoms with Crippen molar-refractivity contribution < 1.29 is 22.7 Å². The van der Waals surface area contributed by atoms with Crippen LogP contribution in [0, 0.1) is 5.82 Å². The number of halogens is 1. The molecule has 1 aromatic carbocycles. The minimum atomic E-state index is -3.96. The number of benzene rings is 1. The molecule has 2 N–H and O–H groups in total. The molecule has 1 aromatic heterocycles. The lowest BCUT2D eigenvalue weighted by molar-refractivity contribution is 0.0698. The van der Waals surface area contributed by atoms with Crippen molar-refractivity contribution in [3.8, 4) is 0 Å². The Morgan fingerprint density at radius 1 is 1.29 bits per heavy atom. The van der Waals surface area contributed by atoms with Crippen molar-refractivity contribution in [2.45, 2.75) is 17.9 Å². The standard InChI is InChI=1S/C13H12FNO4S2/c1-8(9-2-4-10(14)5-3-9)15-21(18,19)11-6-7-20-12(11)13(16)17/h2-8,15H,1H3,(H,16,17)/t8-/m1/s1. The Morgan fingerprint density at radius 2 is 1.90 bits per heavy atom. The first-order valence-corrected chi connectivity index (χ1v) is 8.26. The molecule has 5 nitrogen and oxygen atoms in total. The average molecular weight is 329 g/mol. The fraction of sp³-hybridized carbons (Fsp3) is 0.154. The Bertz CT molecular complexity index is 753. The number of carboxylic acid groups (broad SMARTS) is 1. The van der Waals surface area contributed by atoms with E-state index in [1.54, 1.807) is 6.92 Å².